The lowest BCUT2D eigenvalue weighted by molar-refractivity contribution is -0.143. The van der Waals surface area contributed by atoms with E-state index in [2.05, 4.69) is 5.32 Å². The molecule has 0 heterocycles. The summed E-state index contributed by atoms with van der Waals surface area (Å²) in [5.41, 5.74) is 0. The number of nitrogens with one attached hydrogen (secondary N) is 1. The summed E-state index contributed by atoms with van der Waals surface area (Å²) < 4.78 is 0. The van der Waals surface area contributed by atoms with E-state index < -0.39 is 12.0 Å². The lowest BCUT2D eigenvalue weighted by Crippen LogP contribution is -2.44. The molecule has 0 aliphatic heterocycles. The number of carboxylic acids is 1. The second-order valence-corrected chi connectivity index (χ2v) is 4.98. The third kappa shape index (κ3) is 3.83. The molecule has 0 bridgehead atoms. The largest absolute Gasteiger partial charge is 0.480 e. The van der Waals surface area contributed by atoms with Gasteiger partial charge in [0, 0.05) is 6.42 Å². The number of carboxylic acid groups (broad SMARTS) is 1. The first-order chi connectivity index (χ1) is 7.50. The molecule has 0 aromatic carbocycles. The van der Waals surface area contributed by atoms with E-state index in [1.807, 2.05) is 0 Å². The van der Waals surface area contributed by atoms with Crippen LogP contribution in [0.1, 0.15) is 46.0 Å². The fourth-order valence-electron chi connectivity index (χ4n) is 2.22. The number of aliphatic carboxylic acids is 1. The summed E-state index contributed by atoms with van der Waals surface area (Å²) in [6.45, 7) is 3.60. The summed E-state index contributed by atoms with van der Waals surface area (Å²) in [7, 11) is 0. The number of hydrogen-bond acceptors (Lipinski definition) is 2. The van der Waals surface area contributed by atoms with Crippen molar-refractivity contribution in [3.05, 3.63) is 0 Å². The van der Waals surface area contributed by atoms with Crippen LogP contribution < -0.4 is 5.32 Å². The van der Waals surface area contributed by atoms with Crippen molar-refractivity contribution < 1.29 is 14.7 Å². The van der Waals surface area contributed by atoms with Gasteiger partial charge >= 0.3 is 5.97 Å². The minimum atomic E-state index is -0.949. The molecule has 1 saturated carbocycles. The van der Waals surface area contributed by atoms with E-state index in [9.17, 15) is 9.59 Å². The Morgan fingerprint density at radius 2 is 1.88 bits per heavy atom. The highest BCUT2D eigenvalue weighted by molar-refractivity contribution is 5.83. The predicted molar refractivity (Wildman–Crippen MR) is 61.0 cm³/mol. The van der Waals surface area contributed by atoms with Crippen LogP contribution in [0.25, 0.3) is 0 Å². The quantitative estimate of drug-likeness (QED) is 0.752. The molecule has 1 aliphatic rings. The summed E-state index contributed by atoms with van der Waals surface area (Å²) in [5, 5.41) is 11.5. The molecule has 0 saturated heterocycles. The monoisotopic (exact) mass is 227 g/mol. The SMILES string of the molecule is CC(C)[C@@H](NC(=O)CC1CCCC1)C(=O)O. The first-order valence-electron chi connectivity index (χ1n) is 6.03. The van der Waals surface area contributed by atoms with E-state index in [1.54, 1.807) is 13.8 Å². The van der Waals surface area contributed by atoms with Gasteiger partial charge in [0.05, 0.1) is 0 Å². The van der Waals surface area contributed by atoms with Gasteiger partial charge in [-0.2, -0.15) is 0 Å². The van der Waals surface area contributed by atoms with Gasteiger partial charge in [0.25, 0.3) is 0 Å². The maximum Gasteiger partial charge on any atom is 0.326 e. The van der Waals surface area contributed by atoms with Gasteiger partial charge in [0.2, 0.25) is 5.91 Å². The fraction of sp³-hybridized carbons (Fsp3) is 0.833. The Morgan fingerprint density at radius 1 is 1.31 bits per heavy atom. The van der Waals surface area contributed by atoms with E-state index in [0.717, 1.165) is 12.8 Å². The molecule has 0 radical (unpaired) electrons. The number of carbonyl (C=O) groups excluding carboxylic acids is 1. The number of amides is 1. The van der Waals surface area contributed by atoms with Crippen LogP contribution in [0.3, 0.4) is 0 Å². The molecule has 1 atom stereocenters. The number of hydrogen-bond donors (Lipinski definition) is 2. The topological polar surface area (TPSA) is 66.4 Å². The van der Waals surface area contributed by atoms with E-state index >= 15 is 0 Å². The Kier molecular flexibility index (Phi) is 4.77. The van der Waals surface area contributed by atoms with E-state index in [4.69, 9.17) is 5.11 Å². The molecule has 0 unspecified atom stereocenters. The molecule has 0 spiro atoms. The Bertz CT molecular complexity index is 257. The van der Waals surface area contributed by atoms with Crippen molar-refractivity contribution in [3.63, 3.8) is 0 Å². The molecule has 1 fully saturated rings. The van der Waals surface area contributed by atoms with Crippen LogP contribution in [-0.2, 0) is 9.59 Å². The number of rotatable bonds is 5. The van der Waals surface area contributed by atoms with Crippen molar-refractivity contribution in [1.82, 2.24) is 5.32 Å². The standard InChI is InChI=1S/C12H21NO3/c1-8(2)11(12(15)16)13-10(14)7-9-5-3-4-6-9/h8-9,11H,3-7H2,1-2H3,(H,13,14)(H,15,16)/t11-/m1/s1. The molecule has 4 nitrogen and oxygen atoms in total. The Labute approximate surface area is 96.4 Å². The fourth-order valence-corrected chi connectivity index (χ4v) is 2.22. The third-order valence-corrected chi connectivity index (χ3v) is 3.20. The lowest BCUT2D eigenvalue weighted by atomic mass is 10.0. The minimum Gasteiger partial charge on any atom is -0.480 e. The van der Waals surface area contributed by atoms with Crippen LogP contribution >= 0.6 is 0 Å². The van der Waals surface area contributed by atoms with Gasteiger partial charge < -0.3 is 10.4 Å². The van der Waals surface area contributed by atoms with Gasteiger partial charge in [-0.25, -0.2) is 4.79 Å². The molecular formula is C12H21NO3. The molecule has 1 rings (SSSR count). The van der Waals surface area contributed by atoms with E-state index in [0.29, 0.717) is 12.3 Å². The molecular weight excluding hydrogens is 206 g/mol. The molecule has 0 aromatic heterocycles. The second-order valence-electron chi connectivity index (χ2n) is 4.98. The smallest absolute Gasteiger partial charge is 0.326 e. The van der Waals surface area contributed by atoms with Gasteiger partial charge in [-0.3, -0.25) is 4.79 Å². The zero-order valence-electron chi connectivity index (χ0n) is 10.0. The maximum atomic E-state index is 11.6. The Morgan fingerprint density at radius 3 is 2.31 bits per heavy atom. The first-order valence-corrected chi connectivity index (χ1v) is 6.03. The van der Waals surface area contributed by atoms with Crippen LogP contribution in [0.4, 0.5) is 0 Å². The van der Waals surface area contributed by atoms with E-state index in [-0.39, 0.29) is 11.8 Å². The maximum absolute atomic E-state index is 11.6. The van der Waals surface area contributed by atoms with Gasteiger partial charge in [0.15, 0.2) is 0 Å². The van der Waals surface area contributed by atoms with Crippen LogP contribution in [0.5, 0.6) is 0 Å². The van der Waals surface area contributed by atoms with Crippen molar-refractivity contribution in [2.45, 2.75) is 52.0 Å². The van der Waals surface area contributed by atoms with Crippen LogP contribution in [0.15, 0.2) is 0 Å². The zero-order valence-corrected chi connectivity index (χ0v) is 10.0. The molecule has 0 aromatic rings. The van der Waals surface area contributed by atoms with Crippen LogP contribution in [0.2, 0.25) is 0 Å². The normalized spacial score (nSPS) is 18.7. The van der Waals surface area contributed by atoms with E-state index in [1.165, 1.54) is 12.8 Å². The van der Waals surface area contributed by atoms with Crippen LogP contribution in [0, 0.1) is 11.8 Å². The Hall–Kier alpha value is -1.06. The summed E-state index contributed by atoms with van der Waals surface area (Å²) in [6.07, 6.45) is 5.09. The minimum absolute atomic E-state index is 0.0787. The summed E-state index contributed by atoms with van der Waals surface area (Å²) in [6, 6.07) is -0.756. The lowest BCUT2D eigenvalue weighted by Gasteiger charge is -2.19. The highest BCUT2D eigenvalue weighted by Gasteiger charge is 2.25. The highest BCUT2D eigenvalue weighted by atomic mass is 16.4. The van der Waals surface area contributed by atoms with Gasteiger partial charge in [-0.15, -0.1) is 0 Å². The van der Waals surface area contributed by atoms with Gasteiger partial charge in [-0.05, 0) is 24.7 Å². The third-order valence-electron chi connectivity index (χ3n) is 3.20. The second kappa shape index (κ2) is 5.87. The average molecular weight is 227 g/mol. The molecule has 92 valence electrons. The van der Waals surface area contributed by atoms with Crippen molar-refractivity contribution in [3.8, 4) is 0 Å². The number of carbonyl (C=O) groups is 2. The molecule has 1 aliphatic carbocycles. The van der Waals surface area contributed by atoms with Crippen LogP contribution in [-0.4, -0.2) is 23.0 Å². The van der Waals surface area contributed by atoms with Gasteiger partial charge in [0.1, 0.15) is 6.04 Å². The highest BCUT2D eigenvalue weighted by Crippen LogP contribution is 2.27. The van der Waals surface area contributed by atoms with Crippen molar-refractivity contribution in [2.75, 3.05) is 0 Å². The van der Waals surface area contributed by atoms with Gasteiger partial charge in [-0.1, -0.05) is 26.7 Å². The molecule has 4 heteroatoms. The average Bonchev–Trinajstić information content (AvgIpc) is 2.65. The van der Waals surface area contributed by atoms with Crippen molar-refractivity contribution >= 4 is 11.9 Å². The molecule has 2 N–H and O–H groups in total. The Balaban J connectivity index is 2.38. The first kappa shape index (κ1) is 13.0. The molecule has 1 amide bonds. The zero-order chi connectivity index (χ0) is 12.1. The predicted octanol–water partition coefficient (Wildman–Crippen LogP) is 1.79. The summed E-state index contributed by atoms with van der Waals surface area (Å²) in [5.74, 6) is -0.686. The van der Waals surface area contributed by atoms with Crippen molar-refractivity contribution in [1.29, 1.82) is 0 Å². The summed E-state index contributed by atoms with van der Waals surface area (Å²) >= 11 is 0. The van der Waals surface area contributed by atoms with Crippen molar-refractivity contribution in [2.24, 2.45) is 11.8 Å². The molecule has 16 heavy (non-hydrogen) atoms. The summed E-state index contributed by atoms with van der Waals surface area (Å²) in [4.78, 5) is 22.5.